The van der Waals surface area contributed by atoms with E-state index in [1.165, 1.54) is 0 Å². The molecule has 3 fully saturated rings. The molecule has 1 aliphatic carbocycles. The Morgan fingerprint density at radius 1 is 0.844 bits per heavy atom. The van der Waals surface area contributed by atoms with E-state index in [0.717, 1.165) is 41.9 Å². The van der Waals surface area contributed by atoms with Gasteiger partial charge >= 0.3 is 6.03 Å². The third kappa shape index (κ3) is 2.98. The third-order valence-corrected chi connectivity index (χ3v) is 7.68. The molecule has 2 heterocycles. The molecular weight excluding hydrogens is 406 g/mol. The number of rotatable bonds is 4. The topological polar surface area (TPSA) is 79.9 Å². The van der Waals surface area contributed by atoms with Crippen molar-refractivity contribution in [3.05, 3.63) is 59.7 Å². The lowest BCUT2D eigenvalue weighted by molar-refractivity contribution is -0.144. The SMILES string of the molecule is COc1ccc([C@@H]2[C@@H]3CCC[C@@H]([C@H](c4ccc(OC)cc4)N2C)C32NC(=O)NC2=O)cc1. The average molecular weight is 436 g/mol. The standard InChI is InChI=1S/C25H29N3O4/c1-28-21(15-7-11-17(31-2)12-8-15)19-5-4-6-20(25(19)23(29)26-24(30)27-25)22(28)16-9-13-18(32-3)14-10-16/h7-14,19-22H,4-6H2,1-3H3,(H2,26,27,29,30)/t19-,20-,21-,22+,25?/m0/s1. The van der Waals surface area contributed by atoms with Crippen LogP contribution in [-0.4, -0.2) is 43.6 Å². The van der Waals surface area contributed by atoms with Crippen LogP contribution >= 0.6 is 0 Å². The van der Waals surface area contributed by atoms with Crippen molar-refractivity contribution in [3.63, 3.8) is 0 Å². The maximum absolute atomic E-state index is 13.4. The largest absolute Gasteiger partial charge is 0.497 e. The number of piperidine rings is 1. The minimum Gasteiger partial charge on any atom is -0.497 e. The minimum absolute atomic E-state index is 0.0272. The monoisotopic (exact) mass is 435 g/mol. The number of methoxy groups -OCH3 is 2. The van der Waals surface area contributed by atoms with Gasteiger partial charge in [0.25, 0.3) is 5.91 Å². The summed E-state index contributed by atoms with van der Waals surface area (Å²) in [5.41, 5.74) is 1.31. The number of nitrogens with one attached hydrogen (secondary N) is 2. The number of likely N-dealkylation sites (tertiary alicyclic amines) is 1. The van der Waals surface area contributed by atoms with E-state index < -0.39 is 11.6 Å². The van der Waals surface area contributed by atoms with Crippen LogP contribution < -0.4 is 20.1 Å². The number of hydrogen-bond donors (Lipinski definition) is 2. The number of benzene rings is 2. The lowest BCUT2D eigenvalue weighted by atomic mass is 9.56. The molecule has 168 valence electrons. The van der Waals surface area contributed by atoms with E-state index in [1.54, 1.807) is 14.2 Å². The van der Waals surface area contributed by atoms with E-state index in [4.69, 9.17) is 9.47 Å². The van der Waals surface area contributed by atoms with Gasteiger partial charge in [-0.1, -0.05) is 30.7 Å². The van der Waals surface area contributed by atoms with Gasteiger partial charge in [0.05, 0.1) is 14.2 Å². The number of amides is 3. The Morgan fingerprint density at radius 2 is 1.31 bits per heavy atom. The van der Waals surface area contributed by atoms with Crippen LogP contribution in [0.2, 0.25) is 0 Å². The highest BCUT2D eigenvalue weighted by atomic mass is 16.5. The number of ether oxygens (including phenoxy) is 2. The molecule has 1 unspecified atom stereocenters. The summed E-state index contributed by atoms with van der Waals surface area (Å²) in [5.74, 6) is 1.34. The van der Waals surface area contributed by atoms with Crippen LogP contribution in [0.1, 0.15) is 42.5 Å². The Labute approximate surface area is 188 Å². The summed E-state index contributed by atoms with van der Waals surface area (Å²) < 4.78 is 10.7. The van der Waals surface area contributed by atoms with E-state index in [-0.39, 0.29) is 29.8 Å². The van der Waals surface area contributed by atoms with Crippen molar-refractivity contribution in [3.8, 4) is 11.5 Å². The van der Waals surface area contributed by atoms with Gasteiger partial charge in [-0.05, 0) is 55.3 Å². The van der Waals surface area contributed by atoms with Crippen LogP contribution in [-0.2, 0) is 4.79 Å². The predicted molar refractivity (Wildman–Crippen MR) is 119 cm³/mol. The fourth-order valence-corrected chi connectivity index (χ4v) is 6.38. The molecule has 7 heteroatoms. The molecule has 32 heavy (non-hydrogen) atoms. The lowest BCUT2D eigenvalue weighted by Gasteiger charge is -2.59. The van der Waals surface area contributed by atoms with Crippen molar-refractivity contribution < 1.29 is 19.1 Å². The number of imide groups is 1. The van der Waals surface area contributed by atoms with Crippen LogP contribution in [0, 0.1) is 11.8 Å². The molecule has 2 saturated heterocycles. The second-order valence-corrected chi connectivity index (χ2v) is 9.02. The zero-order chi connectivity index (χ0) is 22.5. The summed E-state index contributed by atoms with van der Waals surface area (Å²) in [4.78, 5) is 28.2. The molecule has 2 aromatic carbocycles. The van der Waals surface area contributed by atoms with Crippen LogP contribution in [0.5, 0.6) is 11.5 Å². The molecule has 7 nitrogen and oxygen atoms in total. The Bertz CT molecular complexity index is 957. The number of nitrogens with zero attached hydrogens (tertiary/aromatic N) is 1. The summed E-state index contributed by atoms with van der Waals surface area (Å²) in [6, 6.07) is 15.7. The molecule has 3 aliphatic rings. The summed E-state index contributed by atoms with van der Waals surface area (Å²) in [5, 5.41) is 5.66. The van der Waals surface area contributed by atoms with Crippen LogP contribution in [0.25, 0.3) is 0 Å². The molecule has 2 aromatic rings. The van der Waals surface area contributed by atoms with Gasteiger partial charge in [-0.15, -0.1) is 0 Å². The van der Waals surface area contributed by atoms with Crippen molar-refractivity contribution in [2.75, 3.05) is 21.3 Å². The third-order valence-electron chi connectivity index (χ3n) is 7.68. The lowest BCUT2D eigenvalue weighted by Crippen LogP contribution is -2.69. The number of hydrogen-bond acceptors (Lipinski definition) is 5. The smallest absolute Gasteiger partial charge is 0.322 e. The highest BCUT2D eigenvalue weighted by Gasteiger charge is 2.66. The number of carbonyl (C=O) groups is 2. The van der Waals surface area contributed by atoms with Crippen molar-refractivity contribution in [1.82, 2.24) is 15.5 Å². The van der Waals surface area contributed by atoms with Gasteiger partial charge in [-0.25, -0.2) is 4.79 Å². The zero-order valence-corrected chi connectivity index (χ0v) is 18.6. The molecular formula is C25H29N3O4. The summed E-state index contributed by atoms with van der Waals surface area (Å²) in [6.07, 6.45) is 2.77. The maximum atomic E-state index is 13.4. The number of carbonyl (C=O) groups excluding carboxylic acids is 2. The predicted octanol–water partition coefficient (Wildman–Crippen LogP) is 3.43. The van der Waals surface area contributed by atoms with E-state index >= 15 is 0 Å². The van der Waals surface area contributed by atoms with Gasteiger partial charge in [0.1, 0.15) is 17.0 Å². The molecule has 5 atom stereocenters. The Morgan fingerprint density at radius 3 is 1.69 bits per heavy atom. The molecule has 0 aromatic heterocycles. The second kappa shape index (κ2) is 7.81. The van der Waals surface area contributed by atoms with Crippen LogP contribution in [0.3, 0.4) is 0 Å². The maximum Gasteiger partial charge on any atom is 0.322 e. The van der Waals surface area contributed by atoms with Gasteiger partial charge in [0.2, 0.25) is 0 Å². The fourth-order valence-electron chi connectivity index (χ4n) is 6.38. The summed E-state index contributed by atoms with van der Waals surface area (Å²) in [7, 11) is 5.44. The first-order valence-corrected chi connectivity index (χ1v) is 11.1. The van der Waals surface area contributed by atoms with E-state index in [0.29, 0.717) is 0 Å². The fraction of sp³-hybridized carbons (Fsp3) is 0.440. The van der Waals surface area contributed by atoms with E-state index in [1.807, 2.05) is 24.3 Å². The van der Waals surface area contributed by atoms with Crippen LogP contribution in [0.4, 0.5) is 4.79 Å². The van der Waals surface area contributed by atoms with Gasteiger partial charge in [0, 0.05) is 23.9 Å². The summed E-state index contributed by atoms with van der Waals surface area (Å²) in [6.45, 7) is 0. The van der Waals surface area contributed by atoms with Crippen molar-refractivity contribution in [2.24, 2.45) is 11.8 Å². The molecule has 2 N–H and O–H groups in total. The highest BCUT2D eigenvalue weighted by Crippen LogP contribution is 2.58. The zero-order valence-electron chi connectivity index (χ0n) is 18.6. The highest BCUT2D eigenvalue weighted by molar-refractivity contribution is 6.07. The Kier molecular flexibility index (Phi) is 5.08. The summed E-state index contributed by atoms with van der Waals surface area (Å²) >= 11 is 0. The van der Waals surface area contributed by atoms with Gasteiger partial charge in [-0.2, -0.15) is 0 Å². The van der Waals surface area contributed by atoms with Gasteiger partial charge < -0.3 is 14.8 Å². The second-order valence-electron chi connectivity index (χ2n) is 9.02. The van der Waals surface area contributed by atoms with Gasteiger partial charge in [0.15, 0.2) is 0 Å². The van der Waals surface area contributed by atoms with E-state index in [9.17, 15) is 9.59 Å². The quantitative estimate of drug-likeness (QED) is 0.720. The molecule has 5 rings (SSSR count). The number of urea groups is 1. The van der Waals surface area contributed by atoms with Crippen molar-refractivity contribution in [1.29, 1.82) is 0 Å². The molecule has 1 saturated carbocycles. The molecule has 2 aliphatic heterocycles. The first-order valence-electron chi connectivity index (χ1n) is 11.1. The first-order chi connectivity index (χ1) is 15.5. The Hall–Kier alpha value is -3.06. The van der Waals surface area contributed by atoms with Crippen molar-refractivity contribution >= 4 is 11.9 Å². The molecule has 1 spiro atoms. The Balaban J connectivity index is 1.66. The molecule has 3 amide bonds. The average Bonchev–Trinajstić information content (AvgIpc) is 3.09. The first kappa shape index (κ1) is 20.8. The minimum atomic E-state index is -0.920. The van der Waals surface area contributed by atoms with Crippen molar-refractivity contribution in [2.45, 2.75) is 36.9 Å². The van der Waals surface area contributed by atoms with Gasteiger partial charge in [-0.3, -0.25) is 15.0 Å². The molecule has 2 bridgehead atoms. The molecule has 0 radical (unpaired) electrons. The van der Waals surface area contributed by atoms with Crippen LogP contribution in [0.15, 0.2) is 48.5 Å². The van der Waals surface area contributed by atoms with E-state index in [2.05, 4.69) is 46.8 Å². The normalized spacial score (nSPS) is 31.8.